The summed E-state index contributed by atoms with van der Waals surface area (Å²) in [4.78, 5) is 0. The van der Waals surface area contributed by atoms with Crippen LogP contribution in [0.2, 0.25) is 0 Å². The lowest BCUT2D eigenvalue weighted by molar-refractivity contribution is 1.26. The van der Waals surface area contributed by atoms with E-state index in [-0.39, 0.29) is 0 Å². The lowest BCUT2D eigenvalue weighted by atomic mass is 10.0. The van der Waals surface area contributed by atoms with Crippen molar-refractivity contribution in [3.05, 3.63) is 66.1 Å². The van der Waals surface area contributed by atoms with Gasteiger partial charge < -0.3 is 0 Å². The number of rotatable bonds is 0. The second kappa shape index (κ2) is 2.71. The molecule has 3 rings (SSSR count). The zero-order valence-electron chi connectivity index (χ0n) is 7.96. The molecular formula is C14H11. The molecule has 0 N–H and O–H groups in total. The quantitative estimate of drug-likeness (QED) is 0.496. The Balaban J connectivity index is 2.27. The standard InChI is InChI=1S/C14H11/c1-10-6-7-14-12(8-10)9-11-4-2-3-5-13(11)14/h2-8H,1,9H2. The molecule has 0 bridgehead atoms. The van der Waals surface area contributed by atoms with Gasteiger partial charge in [-0.3, -0.25) is 0 Å². The second-order valence-corrected chi connectivity index (χ2v) is 3.83. The second-order valence-electron chi connectivity index (χ2n) is 3.83. The highest BCUT2D eigenvalue weighted by Crippen LogP contribution is 2.36. The highest BCUT2D eigenvalue weighted by Gasteiger charge is 2.16. The first kappa shape index (κ1) is 7.81. The molecule has 1 aliphatic rings. The van der Waals surface area contributed by atoms with Gasteiger partial charge in [0, 0.05) is 0 Å². The molecule has 0 saturated heterocycles. The molecule has 0 fully saturated rings. The fourth-order valence-electron chi connectivity index (χ4n) is 2.20. The summed E-state index contributed by atoms with van der Waals surface area (Å²) in [5.74, 6) is 0. The fourth-order valence-corrected chi connectivity index (χ4v) is 2.20. The number of hydrogen-bond acceptors (Lipinski definition) is 0. The molecule has 67 valence electrons. The van der Waals surface area contributed by atoms with E-state index in [9.17, 15) is 0 Å². The van der Waals surface area contributed by atoms with Gasteiger partial charge in [0.05, 0.1) is 0 Å². The first-order valence-electron chi connectivity index (χ1n) is 4.88. The first-order chi connectivity index (χ1) is 6.84. The van der Waals surface area contributed by atoms with Gasteiger partial charge >= 0.3 is 0 Å². The first-order valence-corrected chi connectivity index (χ1v) is 4.88. The van der Waals surface area contributed by atoms with Crippen molar-refractivity contribution in [3.8, 4) is 11.1 Å². The highest BCUT2D eigenvalue weighted by molar-refractivity contribution is 5.76. The van der Waals surface area contributed by atoms with Crippen LogP contribution in [0.25, 0.3) is 11.1 Å². The Morgan fingerprint density at radius 1 is 0.857 bits per heavy atom. The van der Waals surface area contributed by atoms with Gasteiger partial charge in [-0.05, 0) is 41.2 Å². The zero-order valence-corrected chi connectivity index (χ0v) is 7.96. The highest BCUT2D eigenvalue weighted by atomic mass is 14.2. The predicted molar refractivity (Wildman–Crippen MR) is 59.1 cm³/mol. The van der Waals surface area contributed by atoms with Crippen molar-refractivity contribution in [3.63, 3.8) is 0 Å². The summed E-state index contributed by atoms with van der Waals surface area (Å²) < 4.78 is 0. The van der Waals surface area contributed by atoms with Crippen LogP contribution in [0.5, 0.6) is 0 Å². The Hall–Kier alpha value is -1.56. The Morgan fingerprint density at radius 3 is 2.57 bits per heavy atom. The minimum Gasteiger partial charge on any atom is -0.0619 e. The van der Waals surface area contributed by atoms with Crippen LogP contribution in [-0.4, -0.2) is 0 Å². The van der Waals surface area contributed by atoms with Gasteiger partial charge in [-0.1, -0.05) is 42.5 Å². The molecule has 2 aromatic rings. The molecule has 0 aliphatic heterocycles. The number of fused-ring (bicyclic) bond motifs is 3. The summed E-state index contributed by atoms with van der Waals surface area (Å²) in [7, 11) is 0. The van der Waals surface area contributed by atoms with Gasteiger partial charge in [0.1, 0.15) is 0 Å². The molecule has 1 aliphatic carbocycles. The van der Waals surface area contributed by atoms with Crippen molar-refractivity contribution in [2.24, 2.45) is 0 Å². The molecule has 0 spiro atoms. The van der Waals surface area contributed by atoms with E-state index in [0.717, 1.165) is 12.0 Å². The van der Waals surface area contributed by atoms with Crippen LogP contribution < -0.4 is 0 Å². The van der Waals surface area contributed by atoms with Crippen LogP contribution >= 0.6 is 0 Å². The fraction of sp³-hybridized carbons (Fsp3) is 0.0714. The van der Waals surface area contributed by atoms with Gasteiger partial charge in [-0.25, -0.2) is 0 Å². The van der Waals surface area contributed by atoms with Gasteiger partial charge in [-0.2, -0.15) is 0 Å². The van der Waals surface area contributed by atoms with Crippen molar-refractivity contribution < 1.29 is 0 Å². The van der Waals surface area contributed by atoms with Crippen molar-refractivity contribution in [1.82, 2.24) is 0 Å². The van der Waals surface area contributed by atoms with Crippen LogP contribution in [0.15, 0.2) is 42.5 Å². The number of hydrogen-bond donors (Lipinski definition) is 0. The van der Waals surface area contributed by atoms with Gasteiger partial charge in [0.2, 0.25) is 0 Å². The Bertz CT molecular complexity index is 495. The normalized spacial score (nSPS) is 12.4. The third kappa shape index (κ3) is 1.00. The Labute approximate surface area is 84.2 Å². The van der Waals surface area contributed by atoms with Crippen molar-refractivity contribution in [2.75, 3.05) is 0 Å². The van der Waals surface area contributed by atoms with E-state index in [4.69, 9.17) is 0 Å². The van der Waals surface area contributed by atoms with E-state index in [0.29, 0.717) is 0 Å². The lowest BCUT2D eigenvalue weighted by Crippen LogP contribution is -1.80. The monoisotopic (exact) mass is 179 g/mol. The molecule has 14 heavy (non-hydrogen) atoms. The van der Waals surface area contributed by atoms with Crippen molar-refractivity contribution in [2.45, 2.75) is 6.42 Å². The van der Waals surface area contributed by atoms with E-state index in [1.807, 2.05) is 0 Å². The molecule has 0 unspecified atom stereocenters. The van der Waals surface area contributed by atoms with Crippen LogP contribution in [0.1, 0.15) is 16.7 Å². The minimum absolute atomic E-state index is 1.06. The lowest BCUT2D eigenvalue weighted by Gasteiger charge is -2.00. The molecule has 0 heteroatoms. The van der Waals surface area contributed by atoms with E-state index in [2.05, 4.69) is 49.4 Å². The van der Waals surface area contributed by atoms with E-state index in [1.54, 1.807) is 0 Å². The van der Waals surface area contributed by atoms with Crippen LogP contribution in [-0.2, 0) is 6.42 Å². The predicted octanol–water partition coefficient (Wildman–Crippen LogP) is 3.44. The maximum Gasteiger partial charge on any atom is -0.00134 e. The van der Waals surface area contributed by atoms with Gasteiger partial charge in [0.25, 0.3) is 0 Å². The Kier molecular flexibility index (Phi) is 1.51. The third-order valence-electron chi connectivity index (χ3n) is 2.86. The minimum atomic E-state index is 1.06. The summed E-state index contributed by atoms with van der Waals surface area (Å²) in [5.41, 5.74) is 6.74. The van der Waals surface area contributed by atoms with Crippen molar-refractivity contribution in [1.29, 1.82) is 0 Å². The maximum absolute atomic E-state index is 3.96. The average Bonchev–Trinajstić information content (AvgIpc) is 2.54. The summed E-state index contributed by atoms with van der Waals surface area (Å²) in [5, 5.41) is 0. The smallest absolute Gasteiger partial charge is 0.00134 e. The molecule has 0 saturated carbocycles. The molecule has 0 nitrogen and oxygen atoms in total. The average molecular weight is 179 g/mol. The van der Waals surface area contributed by atoms with E-state index >= 15 is 0 Å². The Morgan fingerprint density at radius 2 is 1.64 bits per heavy atom. The summed E-state index contributed by atoms with van der Waals surface area (Å²) in [6.45, 7) is 3.96. The molecule has 0 heterocycles. The molecule has 0 aromatic heterocycles. The zero-order chi connectivity index (χ0) is 9.54. The van der Waals surface area contributed by atoms with Crippen LogP contribution in [0.4, 0.5) is 0 Å². The van der Waals surface area contributed by atoms with Crippen LogP contribution in [0.3, 0.4) is 0 Å². The summed E-state index contributed by atoms with van der Waals surface area (Å²) >= 11 is 0. The van der Waals surface area contributed by atoms with Gasteiger partial charge in [0.15, 0.2) is 0 Å². The SMILES string of the molecule is [CH2]c1ccc2c(c1)Cc1ccccc1-2. The largest absolute Gasteiger partial charge is 0.0619 e. The number of benzene rings is 2. The summed E-state index contributed by atoms with van der Waals surface area (Å²) in [6, 6.07) is 15.1. The van der Waals surface area contributed by atoms with Gasteiger partial charge in [-0.15, -0.1) is 0 Å². The topological polar surface area (TPSA) is 0 Å². The van der Waals surface area contributed by atoms with E-state index in [1.165, 1.54) is 22.3 Å². The maximum atomic E-state index is 3.96. The van der Waals surface area contributed by atoms with E-state index < -0.39 is 0 Å². The molecule has 0 atom stereocenters. The third-order valence-corrected chi connectivity index (χ3v) is 2.86. The molecular weight excluding hydrogens is 168 g/mol. The van der Waals surface area contributed by atoms with Crippen molar-refractivity contribution >= 4 is 0 Å². The molecule has 2 aromatic carbocycles. The summed E-state index contributed by atoms with van der Waals surface area (Å²) in [6.07, 6.45) is 1.06. The van der Waals surface area contributed by atoms with Crippen LogP contribution in [0, 0.1) is 6.92 Å². The molecule has 1 radical (unpaired) electrons. The molecule has 0 amide bonds.